The zero-order valence-corrected chi connectivity index (χ0v) is 8.96. The molecule has 2 rings (SSSR count). The average Bonchev–Trinajstić information content (AvgIpc) is 2.98. The van der Waals surface area contributed by atoms with E-state index in [-0.39, 0.29) is 5.41 Å². The summed E-state index contributed by atoms with van der Waals surface area (Å²) in [4.78, 5) is 4.70. The summed E-state index contributed by atoms with van der Waals surface area (Å²) in [6.45, 7) is 5.09. The van der Waals surface area contributed by atoms with E-state index in [1.54, 1.807) is 0 Å². The van der Waals surface area contributed by atoms with Crippen LogP contribution in [-0.4, -0.2) is 11.5 Å². The van der Waals surface area contributed by atoms with Gasteiger partial charge in [0.15, 0.2) is 0 Å². The van der Waals surface area contributed by atoms with E-state index in [9.17, 15) is 0 Å². The first-order valence-corrected chi connectivity index (χ1v) is 5.35. The summed E-state index contributed by atoms with van der Waals surface area (Å²) in [7, 11) is 0. The van der Waals surface area contributed by atoms with Gasteiger partial charge in [-0.05, 0) is 30.9 Å². The minimum atomic E-state index is 0.227. The van der Waals surface area contributed by atoms with E-state index in [0.717, 1.165) is 6.54 Å². The maximum Gasteiger partial charge on any atom is 0.0481 e. The molecule has 0 radical (unpaired) electrons. The highest BCUT2D eigenvalue weighted by atomic mass is 14.8. The highest BCUT2D eigenvalue weighted by Gasteiger charge is 2.44. The Morgan fingerprint density at radius 1 is 1.43 bits per heavy atom. The molecular weight excluding hydrogens is 172 g/mol. The van der Waals surface area contributed by atoms with E-state index < -0.39 is 0 Å². The van der Waals surface area contributed by atoms with Gasteiger partial charge in [0, 0.05) is 23.3 Å². The van der Waals surface area contributed by atoms with Crippen molar-refractivity contribution in [3.05, 3.63) is 29.6 Å². The Hall–Kier alpha value is -0.890. The molecule has 2 N–H and O–H groups in total. The van der Waals surface area contributed by atoms with Crippen molar-refractivity contribution in [1.82, 2.24) is 4.98 Å². The molecule has 2 heteroatoms. The molecule has 1 saturated carbocycles. The largest absolute Gasteiger partial charge is 0.330 e. The SMILES string of the molecule is CC(C)c1cccc(C2(CN)CC2)n1. The molecule has 1 aromatic rings. The fourth-order valence-electron chi connectivity index (χ4n) is 1.78. The van der Waals surface area contributed by atoms with Gasteiger partial charge >= 0.3 is 0 Å². The second kappa shape index (κ2) is 3.35. The molecule has 1 fully saturated rings. The van der Waals surface area contributed by atoms with E-state index in [4.69, 9.17) is 10.7 Å². The third-order valence-electron chi connectivity index (χ3n) is 3.15. The summed E-state index contributed by atoms with van der Waals surface area (Å²) in [6.07, 6.45) is 2.41. The van der Waals surface area contributed by atoms with Gasteiger partial charge in [0.25, 0.3) is 0 Å². The van der Waals surface area contributed by atoms with Gasteiger partial charge in [0.05, 0.1) is 0 Å². The van der Waals surface area contributed by atoms with E-state index in [1.807, 2.05) is 0 Å². The standard InChI is InChI=1S/C12H18N2/c1-9(2)10-4-3-5-11(14-10)12(8-13)6-7-12/h3-5,9H,6-8,13H2,1-2H3. The smallest absolute Gasteiger partial charge is 0.0481 e. The molecule has 0 amide bonds. The van der Waals surface area contributed by atoms with Crippen LogP contribution in [0, 0.1) is 0 Å². The molecule has 0 bridgehead atoms. The number of hydrogen-bond donors (Lipinski definition) is 1. The Bertz CT molecular complexity index is 327. The van der Waals surface area contributed by atoms with Crippen molar-refractivity contribution >= 4 is 0 Å². The second-order valence-corrected chi connectivity index (χ2v) is 4.59. The van der Waals surface area contributed by atoms with Gasteiger partial charge < -0.3 is 5.73 Å². The lowest BCUT2D eigenvalue weighted by molar-refractivity contribution is 0.665. The van der Waals surface area contributed by atoms with Crippen LogP contribution in [-0.2, 0) is 5.41 Å². The molecule has 14 heavy (non-hydrogen) atoms. The fourth-order valence-corrected chi connectivity index (χ4v) is 1.78. The third kappa shape index (κ3) is 1.55. The van der Waals surface area contributed by atoms with Crippen molar-refractivity contribution in [2.75, 3.05) is 6.54 Å². The van der Waals surface area contributed by atoms with Crippen LogP contribution in [0.5, 0.6) is 0 Å². The van der Waals surface area contributed by atoms with Gasteiger partial charge in [-0.2, -0.15) is 0 Å². The number of aromatic nitrogens is 1. The Morgan fingerprint density at radius 3 is 2.64 bits per heavy atom. The first kappa shape index (κ1) is 9.66. The lowest BCUT2D eigenvalue weighted by Gasteiger charge is -2.13. The van der Waals surface area contributed by atoms with Crippen LogP contribution in [0.15, 0.2) is 18.2 Å². The zero-order valence-electron chi connectivity index (χ0n) is 8.96. The molecule has 0 saturated heterocycles. The molecule has 0 spiro atoms. The van der Waals surface area contributed by atoms with Gasteiger partial charge in [-0.25, -0.2) is 0 Å². The molecule has 1 aliphatic carbocycles. The topological polar surface area (TPSA) is 38.9 Å². The summed E-state index contributed by atoms with van der Waals surface area (Å²) in [5.41, 5.74) is 8.40. The van der Waals surface area contributed by atoms with Gasteiger partial charge in [0.2, 0.25) is 0 Å². The zero-order chi connectivity index (χ0) is 10.2. The van der Waals surface area contributed by atoms with Crippen LogP contribution in [0.4, 0.5) is 0 Å². The number of nitrogens with zero attached hydrogens (tertiary/aromatic N) is 1. The Morgan fingerprint density at radius 2 is 2.14 bits per heavy atom. The van der Waals surface area contributed by atoms with Crippen molar-refractivity contribution in [1.29, 1.82) is 0 Å². The van der Waals surface area contributed by atoms with Crippen molar-refractivity contribution in [2.24, 2.45) is 5.73 Å². The molecule has 0 aromatic carbocycles. The Balaban J connectivity index is 2.31. The van der Waals surface area contributed by atoms with Crippen molar-refractivity contribution in [3.63, 3.8) is 0 Å². The third-order valence-corrected chi connectivity index (χ3v) is 3.15. The average molecular weight is 190 g/mol. The molecule has 0 aliphatic heterocycles. The molecule has 1 aromatic heterocycles. The number of nitrogens with two attached hydrogens (primary N) is 1. The summed E-state index contributed by atoms with van der Waals surface area (Å²) in [5.74, 6) is 0.503. The van der Waals surface area contributed by atoms with Crippen molar-refractivity contribution in [3.8, 4) is 0 Å². The Labute approximate surface area is 85.5 Å². The summed E-state index contributed by atoms with van der Waals surface area (Å²) >= 11 is 0. The summed E-state index contributed by atoms with van der Waals surface area (Å²) < 4.78 is 0. The molecular formula is C12H18N2. The summed E-state index contributed by atoms with van der Waals surface area (Å²) in [5, 5.41) is 0. The molecule has 76 valence electrons. The van der Waals surface area contributed by atoms with Gasteiger partial charge in [0.1, 0.15) is 0 Å². The van der Waals surface area contributed by atoms with Gasteiger partial charge in [-0.15, -0.1) is 0 Å². The highest BCUT2D eigenvalue weighted by molar-refractivity contribution is 5.27. The van der Waals surface area contributed by atoms with Crippen molar-refractivity contribution in [2.45, 2.75) is 38.0 Å². The van der Waals surface area contributed by atoms with Crippen LogP contribution in [0.1, 0.15) is 44.0 Å². The number of rotatable bonds is 3. The maximum atomic E-state index is 5.79. The van der Waals surface area contributed by atoms with Crippen LogP contribution < -0.4 is 5.73 Å². The van der Waals surface area contributed by atoms with E-state index in [0.29, 0.717) is 5.92 Å². The summed E-state index contributed by atoms with van der Waals surface area (Å²) in [6, 6.07) is 6.32. The quantitative estimate of drug-likeness (QED) is 0.793. The fraction of sp³-hybridized carbons (Fsp3) is 0.583. The second-order valence-electron chi connectivity index (χ2n) is 4.59. The minimum absolute atomic E-state index is 0.227. The number of pyridine rings is 1. The predicted octanol–water partition coefficient (Wildman–Crippen LogP) is 2.20. The monoisotopic (exact) mass is 190 g/mol. The minimum Gasteiger partial charge on any atom is -0.330 e. The van der Waals surface area contributed by atoms with E-state index in [1.165, 1.54) is 24.2 Å². The van der Waals surface area contributed by atoms with Crippen LogP contribution >= 0.6 is 0 Å². The van der Waals surface area contributed by atoms with E-state index in [2.05, 4.69) is 32.0 Å². The number of hydrogen-bond acceptors (Lipinski definition) is 2. The maximum absolute atomic E-state index is 5.79. The molecule has 0 unspecified atom stereocenters. The van der Waals surface area contributed by atoms with Crippen molar-refractivity contribution < 1.29 is 0 Å². The highest BCUT2D eigenvalue weighted by Crippen LogP contribution is 2.46. The lowest BCUT2D eigenvalue weighted by Crippen LogP contribution is -2.21. The van der Waals surface area contributed by atoms with Gasteiger partial charge in [-0.1, -0.05) is 19.9 Å². The van der Waals surface area contributed by atoms with Gasteiger partial charge in [-0.3, -0.25) is 4.98 Å². The molecule has 1 aliphatic rings. The van der Waals surface area contributed by atoms with Crippen LogP contribution in [0.2, 0.25) is 0 Å². The molecule has 2 nitrogen and oxygen atoms in total. The molecule has 0 atom stereocenters. The van der Waals surface area contributed by atoms with Crippen LogP contribution in [0.25, 0.3) is 0 Å². The predicted molar refractivity (Wildman–Crippen MR) is 58.3 cm³/mol. The lowest BCUT2D eigenvalue weighted by atomic mass is 10.0. The normalized spacial score (nSPS) is 18.6. The van der Waals surface area contributed by atoms with Crippen LogP contribution in [0.3, 0.4) is 0 Å². The Kier molecular flexibility index (Phi) is 2.31. The van der Waals surface area contributed by atoms with E-state index >= 15 is 0 Å². The first-order chi connectivity index (χ1) is 6.68. The first-order valence-electron chi connectivity index (χ1n) is 5.35. The molecule has 1 heterocycles.